The summed E-state index contributed by atoms with van der Waals surface area (Å²) < 4.78 is 6.77. The van der Waals surface area contributed by atoms with Gasteiger partial charge in [-0.05, 0) is 48.2 Å². The van der Waals surface area contributed by atoms with Crippen molar-refractivity contribution in [1.82, 2.24) is 4.98 Å². The summed E-state index contributed by atoms with van der Waals surface area (Å²) in [4.78, 5) is 4.13. The number of pyridine rings is 1. The van der Waals surface area contributed by atoms with Crippen LogP contribution in [0.3, 0.4) is 0 Å². The van der Waals surface area contributed by atoms with Gasteiger partial charge in [0.15, 0.2) is 5.15 Å². The summed E-state index contributed by atoms with van der Waals surface area (Å²) in [6, 6.07) is 2.35. The fourth-order valence-electron chi connectivity index (χ4n) is 2.24. The van der Waals surface area contributed by atoms with E-state index in [2.05, 4.69) is 40.1 Å². The van der Waals surface area contributed by atoms with E-state index >= 15 is 0 Å². The highest BCUT2D eigenvalue weighted by atomic mass is 79.9. The number of ether oxygens (including phenoxy) is 1. The summed E-state index contributed by atoms with van der Waals surface area (Å²) in [5, 5.41) is 3.99. The molecule has 2 atom stereocenters. The van der Waals surface area contributed by atoms with Crippen molar-refractivity contribution in [3.8, 4) is 0 Å². The molecule has 0 amide bonds. The Morgan fingerprint density at radius 2 is 2.44 bits per heavy atom. The highest BCUT2D eigenvalue weighted by Gasteiger charge is 2.31. The van der Waals surface area contributed by atoms with Crippen LogP contribution < -0.4 is 5.32 Å². The van der Waals surface area contributed by atoms with Crippen LogP contribution in [-0.4, -0.2) is 23.2 Å². The minimum absolute atomic E-state index is 0.0260. The predicted octanol–water partition coefficient (Wildman–Crippen LogP) is 4.26. The normalized spacial score (nSPS) is 28.1. The number of hydrogen-bond acceptors (Lipinski definition) is 3. The highest BCUT2D eigenvalue weighted by Crippen LogP contribution is 2.31. The lowest BCUT2D eigenvalue weighted by molar-refractivity contribution is -0.0708. The third-order valence-electron chi connectivity index (χ3n) is 3.51. The van der Waals surface area contributed by atoms with Gasteiger partial charge in [-0.15, -0.1) is 0 Å². The van der Waals surface area contributed by atoms with Gasteiger partial charge in [0.1, 0.15) is 0 Å². The zero-order valence-corrected chi connectivity index (χ0v) is 13.0. The molecule has 0 bridgehead atoms. The van der Waals surface area contributed by atoms with Gasteiger partial charge >= 0.3 is 0 Å². The van der Waals surface area contributed by atoms with Crippen LogP contribution in [0.15, 0.2) is 16.7 Å². The van der Waals surface area contributed by atoms with Crippen LogP contribution in [0.25, 0.3) is 0 Å². The third kappa shape index (κ3) is 3.37. The molecule has 3 nitrogen and oxygen atoms in total. The molecule has 0 aliphatic carbocycles. The molecule has 5 heteroatoms. The lowest BCUT2D eigenvalue weighted by Gasteiger charge is -2.38. The van der Waals surface area contributed by atoms with Gasteiger partial charge in [-0.2, -0.15) is 0 Å². The maximum atomic E-state index is 6.09. The topological polar surface area (TPSA) is 34.2 Å². The Hall–Kier alpha value is -0.320. The minimum atomic E-state index is -0.0260. The highest BCUT2D eigenvalue weighted by molar-refractivity contribution is 9.10. The first kappa shape index (κ1) is 14.1. The van der Waals surface area contributed by atoms with E-state index in [4.69, 9.17) is 16.3 Å². The van der Waals surface area contributed by atoms with Gasteiger partial charge in [0.05, 0.1) is 11.3 Å². The standard InChI is InChI=1S/C13H18BrClN2O/c1-3-13(2)7-10(4-5-18-13)17-11-6-9(14)8-16-12(11)15/h6,8,10,17H,3-5,7H2,1-2H3. The fourth-order valence-corrected chi connectivity index (χ4v) is 2.73. The lowest BCUT2D eigenvalue weighted by Crippen LogP contribution is -2.41. The number of nitrogens with one attached hydrogen (secondary N) is 1. The van der Waals surface area contributed by atoms with Crippen molar-refractivity contribution < 1.29 is 4.74 Å². The Bertz CT molecular complexity index is 429. The smallest absolute Gasteiger partial charge is 0.152 e. The van der Waals surface area contributed by atoms with Crippen LogP contribution in [0.5, 0.6) is 0 Å². The number of halogens is 2. The molecule has 1 N–H and O–H groups in total. The molecule has 1 aromatic rings. The Morgan fingerprint density at radius 3 is 3.17 bits per heavy atom. The summed E-state index contributed by atoms with van der Waals surface area (Å²) in [5.41, 5.74) is 0.860. The van der Waals surface area contributed by atoms with E-state index in [0.717, 1.165) is 36.0 Å². The molecular weight excluding hydrogens is 316 g/mol. The monoisotopic (exact) mass is 332 g/mol. The molecular formula is C13H18BrClN2O. The van der Waals surface area contributed by atoms with Gasteiger partial charge in [0.25, 0.3) is 0 Å². The molecule has 2 heterocycles. The molecule has 0 radical (unpaired) electrons. The first-order chi connectivity index (χ1) is 8.52. The molecule has 1 fully saturated rings. The zero-order valence-electron chi connectivity index (χ0n) is 10.7. The number of rotatable bonds is 3. The number of anilines is 1. The molecule has 0 aromatic carbocycles. The van der Waals surface area contributed by atoms with Gasteiger partial charge in [-0.25, -0.2) is 4.98 Å². The Balaban J connectivity index is 2.07. The summed E-state index contributed by atoms with van der Waals surface area (Å²) >= 11 is 9.51. The Morgan fingerprint density at radius 1 is 1.67 bits per heavy atom. The summed E-state index contributed by atoms with van der Waals surface area (Å²) in [6.07, 6.45) is 4.72. The van der Waals surface area contributed by atoms with Crippen molar-refractivity contribution >= 4 is 33.2 Å². The van der Waals surface area contributed by atoms with Gasteiger partial charge in [-0.1, -0.05) is 18.5 Å². The first-order valence-corrected chi connectivity index (χ1v) is 7.41. The molecule has 1 aliphatic rings. The van der Waals surface area contributed by atoms with Crippen molar-refractivity contribution in [2.24, 2.45) is 0 Å². The van der Waals surface area contributed by atoms with Crippen LogP contribution in [0.2, 0.25) is 5.15 Å². The van der Waals surface area contributed by atoms with E-state index in [0.29, 0.717) is 11.2 Å². The van der Waals surface area contributed by atoms with Gasteiger partial charge in [0.2, 0.25) is 0 Å². The average molecular weight is 334 g/mol. The molecule has 1 aromatic heterocycles. The predicted molar refractivity (Wildman–Crippen MR) is 78.2 cm³/mol. The number of aromatic nitrogens is 1. The SMILES string of the molecule is CCC1(C)CC(Nc2cc(Br)cnc2Cl)CCO1. The largest absolute Gasteiger partial charge is 0.380 e. The quantitative estimate of drug-likeness (QED) is 0.839. The summed E-state index contributed by atoms with van der Waals surface area (Å²) in [5.74, 6) is 0. The molecule has 2 rings (SSSR count). The van der Waals surface area contributed by atoms with E-state index in [9.17, 15) is 0 Å². The molecule has 0 spiro atoms. The van der Waals surface area contributed by atoms with E-state index in [1.54, 1.807) is 6.20 Å². The van der Waals surface area contributed by atoms with E-state index < -0.39 is 0 Å². The summed E-state index contributed by atoms with van der Waals surface area (Å²) in [7, 11) is 0. The lowest BCUT2D eigenvalue weighted by atomic mass is 9.90. The van der Waals surface area contributed by atoms with Crippen molar-refractivity contribution in [1.29, 1.82) is 0 Å². The van der Waals surface area contributed by atoms with E-state index in [1.165, 1.54) is 0 Å². The van der Waals surface area contributed by atoms with Crippen molar-refractivity contribution in [2.45, 2.75) is 44.8 Å². The van der Waals surface area contributed by atoms with Crippen LogP contribution in [0.4, 0.5) is 5.69 Å². The molecule has 100 valence electrons. The fraction of sp³-hybridized carbons (Fsp3) is 0.615. The number of nitrogens with zero attached hydrogens (tertiary/aromatic N) is 1. The van der Waals surface area contributed by atoms with Crippen molar-refractivity contribution in [3.05, 3.63) is 21.9 Å². The second-order valence-corrected chi connectivity index (χ2v) is 6.25. The van der Waals surface area contributed by atoms with Crippen molar-refractivity contribution in [2.75, 3.05) is 11.9 Å². The molecule has 18 heavy (non-hydrogen) atoms. The van der Waals surface area contributed by atoms with Crippen LogP contribution in [0.1, 0.15) is 33.1 Å². The van der Waals surface area contributed by atoms with Gasteiger partial charge in [0, 0.05) is 23.3 Å². The maximum absolute atomic E-state index is 6.09. The van der Waals surface area contributed by atoms with E-state index in [1.807, 2.05) is 6.07 Å². The molecule has 0 saturated carbocycles. The average Bonchev–Trinajstić information content (AvgIpc) is 2.34. The number of hydrogen-bond donors (Lipinski definition) is 1. The van der Waals surface area contributed by atoms with Gasteiger partial charge in [-0.3, -0.25) is 0 Å². The first-order valence-electron chi connectivity index (χ1n) is 6.24. The van der Waals surface area contributed by atoms with Crippen LogP contribution >= 0.6 is 27.5 Å². The minimum Gasteiger partial charge on any atom is -0.380 e. The van der Waals surface area contributed by atoms with Crippen LogP contribution in [0, 0.1) is 0 Å². The van der Waals surface area contributed by atoms with Crippen molar-refractivity contribution in [3.63, 3.8) is 0 Å². The van der Waals surface area contributed by atoms with E-state index in [-0.39, 0.29) is 5.60 Å². The Labute approximate surface area is 121 Å². The molecule has 1 aliphatic heterocycles. The van der Waals surface area contributed by atoms with Gasteiger partial charge < -0.3 is 10.1 Å². The molecule has 1 saturated heterocycles. The Kier molecular flexibility index (Phi) is 4.51. The molecule has 2 unspecified atom stereocenters. The third-order valence-corrected chi connectivity index (χ3v) is 4.24. The second kappa shape index (κ2) is 5.76. The zero-order chi connectivity index (χ0) is 13.2. The maximum Gasteiger partial charge on any atom is 0.152 e. The van der Waals surface area contributed by atoms with Crippen LogP contribution in [-0.2, 0) is 4.74 Å². The second-order valence-electron chi connectivity index (χ2n) is 4.98. The summed E-state index contributed by atoms with van der Waals surface area (Å²) in [6.45, 7) is 5.12.